The summed E-state index contributed by atoms with van der Waals surface area (Å²) in [6.45, 7) is 2.92. The third-order valence-electron chi connectivity index (χ3n) is 5.38. The number of thiazole rings is 1. The molecule has 0 saturated heterocycles. The van der Waals surface area contributed by atoms with Gasteiger partial charge in [-0.05, 0) is 37.1 Å². The molecule has 1 unspecified atom stereocenters. The van der Waals surface area contributed by atoms with E-state index in [4.69, 9.17) is 4.98 Å². The van der Waals surface area contributed by atoms with Crippen LogP contribution in [0.5, 0.6) is 0 Å². The van der Waals surface area contributed by atoms with Gasteiger partial charge in [-0.2, -0.15) is 0 Å². The Balaban J connectivity index is 1.36. The molecule has 1 aliphatic rings. The van der Waals surface area contributed by atoms with Crippen molar-refractivity contribution in [1.29, 1.82) is 0 Å². The van der Waals surface area contributed by atoms with Crippen LogP contribution in [0.3, 0.4) is 0 Å². The number of fused-ring (bicyclic) bond motifs is 2. The highest BCUT2D eigenvalue weighted by Crippen LogP contribution is 2.36. The number of para-hydroxylation sites is 2. The van der Waals surface area contributed by atoms with Gasteiger partial charge >= 0.3 is 0 Å². The summed E-state index contributed by atoms with van der Waals surface area (Å²) in [6.07, 6.45) is 3.00. The summed E-state index contributed by atoms with van der Waals surface area (Å²) in [5.74, 6) is 2.73. The van der Waals surface area contributed by atoms with Gasteiger partial charge in [-0.1, -0.05) is 42.1 Å². The minimum Gasteiger partial charge on any atom is -0.378 e. The Kier molecular flexibility index (Phi) is 5.31. The predicted molar refractivity (Wildman–Crippen MR) is 127 cm³/mol. The van der Waals surface area contributed by atoms with Crippen molar-refractivity contribution < 1.29 is 0 Å². The largest absolute Gasteiger partial charge is 0.378 e. The first kappa shape index (κ1) is 19.3. The van der Waals surface area contributed by atoms with Crippen LogP contribution in [0.25, 0.3) is 10.2 Å². The number of nitrogens with one attached hydrogen (secondary N) is 1. The number of benzene rings is 2. The number of thioether (sulfide) groups is 1. The standard InChI is InChI=1S/C23H23N5S2/c1-15-24-13-17-19(11-12-28(2)22(17)25-15)26-18-8-4-3-7-16(18)14-29-23-27-20-9-5-6-10-21(20)30-23/h3-10,13,19,26H,11-12,14H2,1-2H3. The van der Waals surface area contributed by atoms with E-state index in [2.05, 4.69) is 69.7 Å². The molecular weight excluding hydrogens is 410 g/mol. The average Bonchev–Trinajstić information content (AvgIpc) is 3.18. The van der Waals surface area contributed by atoms with E-state index >= 15 is 0 Å². The zero-order valence-electron chi connectivity index (χ0n) is 17.0. The molecule has 0 amide bonds. The number of hydrogen-bond donors (Lipinski definition) is 1. The van der Waals surface area contributed by atoms with Gasteiger partial charge in [0.1, 0.15) is 11.6 Å². The van der Waals surface area contributed by atoms with Crippen molar-refractivity contribution in [2.45, 2.75) is 29.5 Å². The minimum atomic E-state index is 0.213. The van der Waals surface area contributed by atoms with Gasteiger partial charge in [-0.15, -0.1) is 11.3 Å². The van der Waals surface area contributed by atoms with E-state index in [0.717, 1.165) is 40.2 Å². The fourth-order valence-electron chi connectivity index (χ4n) is 3.78. The SMILES string of the molecule is Cc1ncc2c(n1)N(C)CCC2Nc1ccccc1CSc1nc2ccccc2s1. The smallest absolute Gasteiger partial charge is 0.151 e. The van der Waals surface area contributed by atoms with Crippen molar-refractivity contribution in [3.05, 3.63) is 71.7 Å². The average molecular weight is 434 g/mol. The summed E-state index contributed by atoms with van der Waals surface area (Å²) in [5.41, 5.74) is 4.71. The van der Waals surface area contributed by atoms with E-state index in [-0.39, 0.29) is 6.04 Å². The molecule has 5 nitrogen and oxygen atoms in total. The van der Waals surface area contributed by atoms with Crippen molar-refractivity contribution in [2.24, 2.45) is 0 Å². The van der Waals surface area contributed by atoms with Gasteiger partial charge in [0, 0.05) is 36.8 Å². The fourth-order valence-corrected chi connectivity index (χ4v) is 5.85. The van der Waals surface area contributed by atoms with Crippen molar-refractivity contribution >= 4 is 44.8 Å². The van der Waals surface area contributed by atoms with Gasteiger partial charge in [0.15, 0.2) is 4.34 Å². The third-order valence-corrected chi connectivity index (χ3v) is 7.61. The Hall–Kier alpha value is -2.64. The molecule has 0 bridgehead atoms. The normalized spacial score (nSPS) is 15.9. The Labute approximate surface area is 184 Å². The first-order valence-electron chi connectivity index (χ1n) is 10.0. The number of hydrogen-bond acceptors (Lipinski definition) is 7. The van der Waals surface area contributed by atoms with Crippen LogP contribution >= 0.6 is 23.1 Å². The molecule has 1 N–H and O–H groups in total. The lowest BCUT2D eigenvalue weighted by Crippen LogP contribution is -2.31. The second kappa shape index (κ2) is 8.24. The van der Waals surface area contributed by atoms with E-state index in [9.17, 15) is 0 Å². The highest BCUT2D eigenvalue weighted by Gasteiger charge is 2.25. The molecule has 1 atom stereocenters. The first-order chi connectivity index (χ1) is 14.7. The van der Waals surface area contributed by atoms with Crippen molar-refractivity contribution in [1.82, 2.24) is 15.0 Å². The highest BCUT2D eigenvalue weighted by atomic mass is 32.2. The van der Waals surface area contributed by atoms with Crippen LogP contribution in [-0.2, 0) is 5.75 Å². The lowest BCUT2D eigenvalue weighted by atomic mass is 10.0. The maximum absolute atomic E-state index is 4.76. The molecule has 0 aliphatic carbocycles. The van der Waals surface area contributed by atoms with Crippen LogP contribution in [0.2, 0.25) is 0 Å². The maximum atomic E-state index is 4.76. The number of aryl methyl sites for hydroxylation is 1. The van der Waals surface area contributed by atoms with Gasteiger partial charge in [-0.25, -0.2) is 15.0 Å². The summed E-state index contributed by atoms with van der Waals surface area (Å²) in [7, 11) is 2.10. The van der Waals surface area contributed by atoms with Crippen molar-refractivity contribution in [3.8, 4) is 0 Å². The zero-order chi connectivity index (χ0) is 20.5. The topological polar surface area (TPSA) is 53.9 Å². The Bertz CT molecular complexity index is 1160. The van der Waals surface area contributed by atoms with Crippen LogP contribution in [-0.4, -0.2) is 28.5 Å². The molecule has 1 aliphatic heterocycles. The molecule has 152 valence electrons. The lowest BCUT2D eigenvalue weighted by Gasteiger charge is -2.33. The van der Waals surface area contributed by atoms with E-state index < -0.39 is 0 Å². The van der Waals surface area contributed by atoms with Crippen LogP contribution in [0.1, 0.15) is 29.4 Å². The molecular formula is C23H23N5S2. The monoisotopic (exact) mass is 433 g/mol. The zero-order valence-corrected chi connectivity index (χ0v) is 18.6. The molecule has 7 heteroatoms. The summed E-state index contributed by atoms with van der Waals surface area (Å²) in [6, 6.07) is 17.1. The summed E-state index contributed by atoms with van der Waals surface area (Å²) < 4.78 is 2.35. The molecule has 2 aromatic heterocycles. The summed E-state index contributed by atoms with van der Waals surface area (Å²) in [4.78, 5) is 16.1. The molecule has 3 heterocycles. The second-order valence-corrected chi connectivity index (χ2v) is 9.75. The molecule has 0 saturated carbocycles. The minimum absolute atomic E-state index is 0.213. The Morgan fingerprint density at radius 2 is 1.97 bits per heavy atom. The maximum Gasteiger partial charge on any atom is 0.151 e. The van der Waals surface area contributed by atoms with Gasteiger partial charge in [0.2, 0.25) is 0 Å². The lowest BCUT2D eigenvalue weighted by molar-refractivity contribution is 0.632. The van der Waals surface area contributed by atoms with Gasteiger partial charge < -0.3 is 10.2 Å². The van der Waals surface area contributed by atoms with Gasteiger partial charge in [-0.3, -0.25) is 0 Å². The van der Waals surface area contributed by atoms with Crippen LogP contribution in [0.4, 0.5) is 11.5 Å². The highest BCUT2D eigenvalue weighted by molar-refractivity contribution is 8.00. The molecule has 30 heavy (non-hydrogen) atoms. The van der Waals surface area contributed by atoms with E-state index in [1.54, 1.807) is 23.1 Å². The van der Waals surface area contributed by atoms with Crippen LogP contribution in [0, 0.1) is 6.92 Å². The molecule has 4 aromatic rings. The van der Waals surface area contributed by atoms with Crippen LogP contribution in [0.15, 0.2) is 59.1 Å². The molecule has 2 aromatic carbocycles. The Morgan fingerprint density at radius 3 is 2.87 bits per heavy atom. The van der Waals surface area contributed by atoms with E-state index in [1.807, 2.05) is 19.2 Å². The van der Waals surface area contributed by atoms with E-state index in [0.29, 0.717) is 0 Å². The number of rotatable bonds is 5. The predicted octanol–water partition coefficient (Wildman–Crippen LogP) is 5.68. The quantitative estimate of drug-likeness (QED) is 0.409. The van der Waals surface area contributed by atoms with Crippen LogP contribution < -0.4 is 10.2 Å². The van der Waals surface area contributed by atoms with Gasteiger partial charge in [0.05, 0.1) is 16.3 Å². The molecule has 0 fully saturated rings. The van der Waals surface area contributed by atoms with Gasteiger partial charge in [0.25, 0.3) is 0 Å². The number of anilines is 2. The van der Waals surface area contributed by atoms with E-state index in [1.165, 1.54) is 21.5 Å². The van der Waals surface area contributed by atoms with Crippen molar-refractivity contribution in [2.75, 3.05) is 23.8 Å². The molecule has 0 spiro atoms. The fraction of sp³-hybridized carbons (Fsp3) is 0.261. The van der Waals surface area contributed by atoms with Crippen molar-refractivity contribution in [3.63, 3.8) is 0 Å². The second-order valence-electron chi connectivity index (χ2n) is 7.50. The first-order valence-corrected chi connectivity index (χ1v) is 11.8. The third kappa shape index (κ3) is 3.87. The molecule has 0 radical (unpaired) electrons. The number of aromatic nitrogens is 3. The summed E-state index contributed by atoms with van der Waals surface area (Å²) in [5, 5.41) is 3.77. The Morgan fingerprint density at radius 1 is 1.13 bits per heavy atom. The summed E-state index contributed by atoms with van der Waals surface area (Å²) >= 11 is 3.56. The number of nitrogens with zero attached hydrogens (tertiary/aromatic N) is 4. The molecule has 5 rings (SSSR count).